The highest BCUT2D eigenvalue weighted by Gasteiger charge is 2.33. The van der Waals surface area contributed by atoms with Crippen LogP contribution in [-0.2, 0) is 4.74 Å². The van der Waals surface area contributed by atoms with E-state index in [-0.39, 0.29) is 0 Å². The fourth-order valence-corrected chi connectivity index (χ4v) is 0.927. The molecule has 1 rings (SSSR count). The Bertz CT molecular complexity index is 92.9. The summed E-state index contributed by atoms with van der Waals surface area (Å²) in [6.07, 6.45) is 1.63. The second-order valence-corrected chi connectivity index (χ2v) is 2.74. The molecule has 0 aromatic carbocycles. The maximum absolute atomic E-state index is 12.2. The van der Waals surface area contributed by atoms with E-state index in [1.807, 2.05) is 6.92 Å². The average Bonchev–Trinajstić information content (AvgIpc) is 2.42. The SMILES string of the molecule is CC(F)CCC1OC1C. The second-order valence-electron chi connectivity index (χ2n) is 2.74. The minimum Gasteiger partial charge on any atom is -0.370 e. The van der Waals surface area contributed by atoms with Gasteiger partial charge in [-0.05, 0) is 26.7 Å². The molecule has 0 amide bonds. The maximum atomic E-state index is 12.2. The van der Waals surface area contributed by atoms with Crippen LogP contribution < -0.4 is 0 Å². The van der Waals surface area contributed by atoms with Crippen LogP contribution in [0.2, 0.25) is 0 Å². The molecule has 0 aromatic heterocycles. The smallest absolute Gasteiger partial charge is 0.0974 e. The quantitative estimate of drug-likeness (QED) is 0.534. The van der Waals surface area contributed by atoms with Crippen LogP contribution in [-0.4, -0.2) is 18.4 Å². The first-order valence-electron chi connectivity index (χ1n) is 3.49. The lowest BCUT2D eigenvalue weighted by molar-refractivity contribution is 0.306. The number of alkyl halides is 1. The Morgan fingerprint density at radius 3 is 2.56 bits per heavy atom. The zero-order chi connectivity index (χ0) is 6.85. The Morgan fingerprint density at radius 2 is 2.22 bits per heavy atom. The fraction of sp³-hybridized carbons (Fsp3) is 1.00. The van der Waals surface area contributed by atoms with Crippen LogP contribution in [0, 0.1) is 0 Å². The van der Waals surface area contributed by atoms with Crippen LogP contribution in [0.4, 0.5) is 4.39 Å². The van der Waals surface area contributed by atoms with E-state index in [1.54, 1.807) is 6.92 Å². The summed E-state index contributed by atoms with van der Waals surface area (Å²) in [6.45, 7) is 3.61. The van der Waals surface area contributed by atoms with Gasteiger partial charge in [-0.25, -0.2) is 4.39 Å². The maximum Gasteiger partial charge on any atom is 0.0974 e. The first-order valence-corrected chi connectivity index (χ1v) is 3.49. The molecule has 1 nitrogen and oxygen atoms in total. The number of hydrogen-bond acceptors (Lipinski definition) is 1. The molecule has 0 aliphatic carbocycles. The minimum atomic E-state index is -0.665. The Morgan fingerprint density at radius 1 is 1.67 bits per heavy atom. The summed E-state index contributed by atoms with van der Waals surface area (Å²) in [6, 6.07) is 0. The van der Waals surface area contributed by atoms with Crippen molar-refractivity contribution in [2.24, 2.45) is 0 Å². The monoisotopic (exact) mass is 132 g/mol. The largest absolute Gasteiger partial charge is 0.370 e. The van der Waals surface area contributed by atoms with Gasteiger partial charge in [-0.2, -0.15) is 0 Å². The highest BCUT2D eigenvalue weighted by molar-refractivity contribution is 4.80. The third-order valence-corrected chi connectivity index (χ3v) is 1.69. The van der Waals surface area contributed by atoms with Crippen molar-refractivity contribution < 1.29 is 9.13 Å². The predicted molar refractivity (Wildman–Crippen MR) is 34.1 cm³/mol. The molecule has 3 atom stereocenters. The Hall–Kier alpha value is -0.110. The van der Waals surface area contributed by atoms with Gasteiger partial charge in [0.2, 0.25) is 0 Å². The van der Waals surface area contributed by atoms with Gasteiger partial charge in [0, 0.05) is 0 Å². The Labute approximate surface area is 55.2 Å². The van der Waals surface area contributed by atoms with E-state index in [9.17, 15) is 4.39 Å². The number of rotatable bonds is 3. The number of ether oxygens (including phenoxy) is 1. The van der Waals surface area contributed by atoms with E-state index < -0.39 is 6.17 Å². The van der Waals surface area contributed by atoms with Gasteiger partial charge in [-0.15, -0.1) is 0 Å². The molecule has 3 unspecified atom stereocenters. The van der Waals surface area contributed by atoms with Gasteiger partial charge in [-0.3, -0.25) is 0 Å². The van der Waals surface area contributed by atoms with E-state index in [2.05, 4.69) is 0 Å². The molecular formula is C7H13FO. The molecule has 2 heteroatoms. The highest BCUT2D eigenvalue weighted by atomic mass is 19.1. The Balaban J connectivity index is 1.94. The van der Waals surface area contributed by atoms with Crippen LogP contribution in [0.5, 0.6) is 0 Å². The normalized spacial score (nSPS) is 36.3. The van der Waals surface area contributed by atoms with Crippen molar-refractivity contribution in [2.75, 3.05) is 0 Å². The number of hydrogen-bond donors (Lipinski definition) is 0. The summed E-state index contributed by atoms with van der Waals surface area (Å²) in [5, 5.41) is 0. The lowest BCUT2D eigenvalue weighted by atomic mass is 10.1. The molecule has 0 N–H and O–H groups in total. The second kappa shape index (κ2) is 2.65. The molecule has 54 valence electrons. The summed E-state index contributed by atoms with van der Waals surface area (Å²) >= 11 is 0. The van der Waals surface area contributed by atoms with E-state index in [4.69, 9.17) is 4.74 Å². The number of epoxide rings is 1. The molecule has 1 fully saturated rings. The first-order chi connectivity index (χ1) is 4.20. The van der Waals surface area contributed by atoms with Crippen molar-refractivity contribution in [1.82, 2.24) is 0 Å². The van der Waals surface area contributed by atoms with E-state index in [0.717, 1.165) is 6.42 Å². The van der Waals surface area contributed by atoms with Gasteiger partial charge in [0.15, 0.2) is 0 Å². The molecule has 0 aromatic rings. The zero-order valence-electron chi connectivity index (χ0n) is 5.93. The third-order valence-electron chi connectivity index (χ3n) is 1.69. The standard InChI is InChI=1S/C7H13FO/c1-5(8)3-4-7-6(2)9-7/h5-7H,3-4H2,1-2H3. The van der Waals surface area contributed by atoms with Gasteiger partial charge >= 0.3 is 0 Å². The summed E-state index contributed by atoms with van der Waals surface area (Å²) in [5.41, 5.74) is 0. The molecule has 1 heterocycles. The number of halogens is 1. The highest BCUT2D eigenvalue weighted by Crippen LogP contribution is 2.26. The van der Waals surface area contributed by atoms with Gasteiger partial charge < -0.3 is 4.74 Å². The average molecular weight is 132 g/mol. The van der Waals surface area contributed by atoms with Gasteiger partial charge in [-0.1, -0.05) is 0 Å². The van der Waals surface area contributed by atoms with Crippen LogP contribution in [0.25, 0.3) is 0 Å². The lowest BCUT2D eigenvalue weighted by Gasteiger charge is -1.95. The van der Waals surface area contributed by atoms with Crippen LogP contribution in [0.1, 0.15) is 26.7 Å². The summed E-state index contributed by atoms with van der Waals surface area (Å²) in [7, 11) is 0. The van der Waals surface area contributed by atoms with Crippen LogP contribution in [0.3, 0.4) is 0 Å². The molecule has 1 aliphatic rings. The van der Waals surface area contributed by atoms with Crippen molar-refractivity contribution in [2.45, 2.75) is 45.1 Å². The Kier molecular flexibility index (Phi) is 2.06. The van der Waals surface area contributed by atoms with Crippen molar-refractivity contribution in [3.63, 3.8) is 0 Å². The molecule has 0 spiro atoms. The van der Waals surface area contributed by atoms with Crippen molar-refractivity contribution in [1.29, 1.82) is 0 Å². The molecule has 9 heavy (non-hydrogen) atoms. The van der Waals surface area contributed by atoms with Crippen molar-refractivity contribution >= 4 is 0 Å². The predicted octanol–water partition coefficient (Wildman–Crippen LogP) is 1.91. The van der Waals surface area contributed by atoms with E-state index in [1.165, 1.54) is 0 Å². The van der Waals surface area contributed by atoms with E-state index >= 15 is 0 Å². The van der Waals surface area contributed by atoms with Crippen LogP contribution in [0.15, 0.2) is 0 Å². The topological polar surface area (TPSA) is 12.5 Å². The van der Waals surface area contributed by atoms with Gasteiger partial charge in [0.05, 0.1) is 18.4 Å². The van der Waals surface area contributed by atoms with Crippen molar-refractivity contribution in [3.8, 4) is 0 Å². The molecule has 0 saturated carbocycles. The first kappa shape index (κ1) is 7.00. The minimum absolute atomic E-state index is 0.364. The molecule has 1 saturated heterocycles. The molecule has 0 bridgehead atoms. The molecule has 1 aliphatic heterocycles. The summed E-state index contributed by atoms with van der Waals surface area (Å²) in [4.78, 5) is 0. The summed E-state index contributed by atoms with van der Waals surface area (Å²) in [5.74, 6) is 0. The molecule has 0 radical (unpaired) electrons. The lowest BCUT2D eigenvalue weighted by Crippen LogP contribution is -1.96. The third kappa shape index (κ3) is 2.31. The van der Waals surface area contributed by atoms with Crippen molar-refractivity contribution in [3.05, 3.63) is 0 Å². The van der Waals surface area contributed by atoms with E-state index in [0.29, 0.717) is 18.6 Å². The molecular weight excluding hydrogens is 119 g/mol. The summed E-state index contributed by atoms with van der Waals surface area (Å²) < 4.78 is 17.3. The fourth-order valence-electron chi connectivity index (χ4n) is 0.927. The zero-order valence-corrected chi connectivity index (χ0v) is 5.93. The van der Waals surface area contributed by atoms with Gasteiger partial charge in [0.1, 0.15) is 0 Å². The van der Waals surface area contributed by atoms with Gasteiger partial charge in [0.25, 0.3) is 0 Å². The van der Waals surface area contributed by atoms with Crippen LogP contribution >= 0.6 is 0 Å².